The Morgan fingerprint density at radius 3 is 2.88 bits per heavy atom. The molecule has 1 aliphatic heterocycles. The van der Waals surface area contributed by atoms with Gasteiger partial charge in [0.2, 0.25) is 0 Å². The maximum absolute atomic E-state index is 11.7. The highest BCUT2D eigenvalue weighted by Crippen LogP contribution is 2.29. The Kier molecular flexibility index (Phi) is 4.62. The van der Waals surface area contributed by atoms with E-state index in [1.54, 1.807) is 0 Å². The summed E-state index contributed by atoms with van der Waals surface area (Å²) in [7, 11) is 0. The summed E-state index contributed by atoms with van der Waals surface area (Å²) in [5, 5.41) is 10.9. The van der Waals surface area contributed by atoms with Gasteiger partial charge in [-0.05, 0) is 18.1 Å². The number of amides is 1. The van der Waals surface area contributed by atoms with E-state index in [-0.39, 0.29) is 17.4 Å². The van der Waals surface area contributed by atoms with Gasteiger partial charge >= 0.3 is 0 Å². The number of aromatic nitrogens is 1. The molecule has 1 aromatic carbocycles. The first-order chi connectivity index (χ1) is 12.0. The quantitative estimate of drug-likeness (QED) is 0.671. The van der Waals surface area contributed by atoms with Gasteiger partial charge in [0.25, 0.3) is 11.6 Å². The van der Waals surface area contributed by atoms with Gasteiger partial charge < -0.3 is 15.4 Å². The summed E-state index contributed by atoms with van der Waals surface area (Å²) in [6.45, 7) is 3.47. The Labute approximate surface area is 144 Å². The minimum Gasteiger partial charge on any atom is -0.370 e. The van der Waals surface area contributed by atoms with E-state index in [2.05, 4.69) is 4.98 Å². The number of nitrogens with zero attached hydrogens (tertiary/aromatic N) is 3. The lowest BCUT2D eigenvalue weighted by Crippen LogP contribution is -2.40. The number of carbonyl (C=O) groups is 1. The number of aryl methyl sites for hydroxylation is 1. The van der Waals surface area contributed by atoms with Crippen molar-refractivity contribution in [1.29, 1.82) is 0 Å². The first kappa shape index (κ1) is 16.8. The topological polar surface area (TPSA) is 112 Å². The molecule has 1 aromatic heterocycles. The molecule has 0 bridgehead atoms. The molecule has 1 saturated heterocycles. The van der Waals surface area contributed by atoms with Crippen LogP contribution >= 0.6 is 0 Å². The zero-order chi connectivity index (χ0) is 18.0. The number of hydrogen-bond donors (Lipinski definition) is 1. The lowest BCUT2D eigenvalue weighted by Gasteiger charge is -2.35. The minimum absolute atomic E-state index is 0.0413. The van der Waals surface area contributed by atoms with E-state index in [9.17, 15) is 14.9 Å². The molecule has 3 rings (SSSR count). The molecule has 1 unspecified atom stereocenters. The monoisotopic (exact) mass is 342 g/mol. The number of ether oxygens (including phenoxy) is 1. The average Bonchev–Trinajstić information content (AvgIpc) is 2.61. The Morgan fingerprint density at radius 2 is 2.20 bits per heavy atom. The van der Waals surface area contributed by atoms with Crippen molar-refractivity contribution in [3.63, 3.8) is 0 Å². The lowest BCUT2D eigenvalue weighted by molar-refractivity contribution is -0.385. The van der Waals surface area contributed by atoms with Crippen LogP contribution in [-0.2, 0) is 4.74 Å². The molecule has 2 aromatic rings. The number of rotatable bonds is 4. The van der Waals surface area contributed by atoms with Crippen LogP contribution in [0.2, 0.25) is 0 Å². The molecule has 0 radical (unpaired) electrons. The van der Waals surface area contributed by atoms with Crippen LogP contribution in [0, 0.1) is 17.0 Å². The second kappa shape index (κ2) is 6.86. The molecule has 1 fully saturated rings. The second-order valence-corrected chi connectivity index (χ2v) is 5.85. The number of primary amides is 1. The third-order valence-corrected chi connectivity index (χ3v) is 4.23. The number of nitro groups is 1. The standard InChI is InChI=1S/C17H18N4O4/c1-11-4-2-3-5-13(11)15-10-20(6-7-25-15)17-14(16(18)22)8-12(9-19-17)21(23)24/h2-5,8-9,15H,6-7,10H2,1H3,(H2,18,22). The van der Waals surface area contributed by atoms with Crippen molar-refractivity contribution in [3.05, 3.63) is 63.3 Å². The second-order valence-electron chi connectivity index (χ2n) is 5.85. The fraction of sp³-hybridized carbons (Fsp3) is 0.294. The number of pyridine rings is 1. The van der Waals surface area contributed by atoms with Crippen LogP contribution < -0.4 is 10.6 Å². The van der Waals surface area contributed by atoms with Gasteiger partial charge in [-0.25, -0.2) is 4.98 Å². The Balaban J connectivity index is 1.92. The van der Waals surface area contributed by atoms with E-state index in [1.807, 2.05) is 36.1 Å². The van der Waals surface area contributed by atoms with Crippen molar-refractivity contribution in [1.82, 2.24) is 4.98 Å². The van der Waals surface area contributed by atoms with E-state index < -0.39 is 10.8 Å². The SMILES string of the molecule is Cc1ccccc1C1CN(c2ncc([N+](=O)[O-])cc2C(N)=O)CCO1. The highest BCUT2D eigenvalue weighted by molar-refractivity contribution is 5.98. The minimum atomic E-state index is -0.745. The highest BCUT2D eigenvalue weighted by Gasteiger charge is 2.27. The van der Waals surface area contributed by atoms with Crippen LogP contribution in [0.4, 0.5) is 11.5 Å². The van der Waals surface area contributed by atoms with Gasteiger partial charge in [-0.15, -0.1) is 0 Å². The molecule has 130 valence electrons. The van der Waals surface area contributed by atoms with E-state index in [0.717, 1.165) is 17.3 Å². The van der Waals surface area contributed by atoms with Gasteiger partial charge in [0.15, 0.2) is 0 Å². The van der Waals surface area contributed by atoms with Crippen molar-refractivity contribution in [3.8, 4) is 0 Å². The molecule has 8 heteroatoms. The fourth-order valence-corrected chi connectivity index (χ4v) is 2.96. The first-order valence-corrected chi connectivity index (χ1v) is 7.83. The summed E-state index contributed by atoms with van der Waals surface area (Å²) in [4.78, 5) is 28.1. The van der Waals surface area contributed by atoms with Crippen LogP contribution in [0.25, 0.3) is 0 Å². The van der Waals surface area contributed by atoms with Gasteiger partial charge in [0.1, 0.15) is 18.1 Å². The lowest BCUT2D eigenvalue weighted by atomic mass is 10.0. The molecular formula is C17H18N4O4. The molecule has 8 nitrogen and oxygen atoms in total. The fourth-order valence-electron chi connectivity index (χ4n) is 2.96. The number of hydrogen-bond acceptors (Lipinski definition) is 6. The number of morpholine rings is 1. The van der Waals surface area contributed by atoms with Gasteiger partial charge in [-0.1, -0.05) is 24.3 Å². The molecule has 0 saturated carbocycles. The normalized spacial score (nSPS) is 17.3. The zero-order valence-corrected chi connectivity index (χ0v) is 13.7. The van der Waals surface area contributed by atoms with Gasteiger partial charge in [0, 0.05) is 19.2 Å². The van der Waals surface area contributed by atoms with Crippen molar-refractivity contribution in [2.45, 2.75) is 13.0 Å². The first-order valence-electron chi connectivity index (χ1n) is 7.83. The third kappa shape index (κ3) is 3.43. The van der Waals surface area contributed by atoms with E-state index >= 15 is 0 Å². The predicted octanol–water partition coefficient (Wildman–Crippen LogP) is 1.98. The molecule has 1 aliphatic rings. The maximum Gasteiger partial charge on any atom is 0.288 e. The summed E-state index contributed by atoms with van der Waals surface area (Å²) in [5.74, 6) is -0.398. The van der Waals surface area contributed by atoms with E-state index in [1.165, 1.54) is 6.07 Å². The van der Waals surface area contributed by atoms with Gasteiger partial charge in [-0.3, -0.25) is 14.9 Å². The smallest absolute Gasteiger partial charge is 0.288 e. The third-order valence-electron chi connectivity index (χ3n) is 4.23. The molecule has 2 N–H and O–H groups in total. The summed E-state index contributed by atoms with van der Waals surface area (Å²) in [6.07, 6.45) is 0.965. The molecule has 25 heavy (non-hydrogen) atoms. The van der Waals surface area contributed by atoms with Gasteiger partial charge in [-0.2, -0.15) is 0 Å². The maximum atomic E-state index is 11.7. The predicted molar refractivity (Wildman–Crippen MR) is 91.5 cm³/mol. The van der Waals surface area contributed by atoms with Crippen LogP contribution in [-0.4, -0.2) is 35.5 Å². The Morgan fingerprint density at radius 1 is 1.44 bits per heavy atom. The van der Waals surface area contributed by atoms with Crippen LogP contribution in [0.5, 0.6) is 0 Å². The average molecular weight is 342 g/mol. The molecule has 1 amide bonds. The Hall–Kier alpha value is -3.00. The molecule has 2 heterocycles. The summed E-state index contributed by atoms with van der Waals surface area (Å²) in [6, 6.07) is 9.09. The summed E-state index contributed by atoms with van der Waals surface area (Å²) in [5.41, 5.74) is 7.36. The van der Waals surface area contributed by atoms with Crippen LogP contribution in [0.3, 0.4) is 0 Å². The van der Waals surface area contributed by atoms with Gasteiger partial charge in [0.05, 0.1) is 17.1 Å². The largest absolute Gasteiger partial charge is 0.370 e. The Bertz CT molecular complexity index is 824. The van der Waals surface area contributed by atoms with Crippen LogP contribution in [0.1, 0.15) is 27.6 Å². The summed E-state index contributed by atoms with van der Waals surface area (Å²) < 4.78 is 5.87. The molecule has 0 aliphatic carbocycles. The van der Waals surface area contributed by atoms with E-state index in [0.29, 0.717) is 25.5 Å². The van der Waals surface area contributed by atoms with Crippen molar-refractivity contribution >= 4 is 17.4 Å². The van der Waals surface area contributed by atoms with Crippen LogP contribution in [0.15, 0.2) is 36.5 Å². The van der Waals surface area contributed by atoms with Crippen molar-refractivity contribution in [2.75, 3.05) is 24.6 Å². The highest BCUT2D eigenvalue weighted by atomic mass is 16.6. The molecule has 1 atom stereocenters. The molecular weight excluding hydrogens is 324 g/mol. The van der Waals surface area contributed by atoms with E-state index in [4.69, 9.17) is 10.5 Å². The molecule has 0 spiro atoms. The van der Waals surface area contributed by atoms with Crippen molar-refractivity contribution < 1.29 is 14.5 Å². The zero-order valence-electron chi connectivity index (χ0n) is 13.7. The summed E-state index contributed by atoms with van der Waals surface area (Å²) >= 11 is 0. The number of nitrogens with two attached hydrogens (primary N) is 1. The van der Waals surface area contributed by atoms with Crippen molar-refractivity contribution in [2.24, 2.45) is 5.73 Å². The number of anilines is 1. The number of benzene rings is 1. The number of carbonyl (C=O) groups excluding carboxylic acids is 1.